The average molecular weight is 296 g/mol. The maximum atomic E-state index is 6.29. The third kappa shape index (κ3) is 3.55. The molecule has 1 fully saturated rings. The van der Waals surface area contributed by atoms with Crippen LogP contribution in [0.15, 0.2) is 24.3 Å². The Balaban J connectivity index is 2.33. The molecule has 112 valence electrons. The summed E-state index contributed by atoms with van der Waals surface area (Å²) in [5.41, 5.74) is 1.14. The second kappa shape index (κ2) is 7.44. The highest BCUT2D eigenvalue weighted by atomic mass is 35.5. The SMILES string of the molecule is CCOC1(C(NC)c2cccc(Cl)c2)CCCCCC1. The quantitative estimate of drug-likeness (QED) is 0.793. The van der Waals surface area contributed by atoms with Crippen molar-refractivity contribution in [2.45, 2.75) is 57.1 Å². The van der Waals surface area contributed by atoms with Crippen molar-refractivity contribution in [3.05, 3.63) is 34.9 Å². The molecular formula is C17H26ClNO. The summed E-state index contributed by atoms with van der Waals surface area (Å²) in [6.07, 6.45) is 7.39. The van der Waals surface area contributed by atoms with E-state index in [0.29, 0.717) is 0 Å². The van der Waals surface area contributed by atoms with Crippen molar-refractivity contribution >= 4 is 11.6 Å². The average Bonchev–Trinajstić information content (AvgIpc) is 2.66. The molecule has 1 aromatic carbocycles. The summed E-state index contributed by atoms with van der Waals surface area (Å²) in [4.78, 5) is 0. The van der Waals surface area contributed by atoms with Crippen LogP contribution >= 0.6 is 11.6 Å². The molecule has 0 aromatic heterocycles. The van der Waals surface area contributed by atoms with Crippen LogP contribution in [0.3, 0.4) is 0 Å². The minimum atomic E-state index is -0.0926. The van der Waals surface area contributed by atoms with Gasteiger partial charge in [-0.1, -0.05) is 49.4 Å². The largest absolute Gasteiger partial charge is 0.373 e. The number of rotatable bonds is 5. The van der Waals surface area contributed by atoms with Gasteiger partial charge in [-0.3, -0.25) is 0 Å². The van der Waals surface area contributed by atoms with E-state index >= 15 is 0 Å². The van der Waals surface area contributed by atoms with Gasteiger partial charge in [0.2, 0.25) is 0 Å². The zero-order valence-corrected chi connectivity index (χ0v) is 13.4. The summed E-state index contributed by atoms with van der Waals surface area (Å²) in [6, 6.07) is 8.38. The minimum Gasteiger partial charge on any atom is -0.373 e. The summed E-state index contributed by atoms with van der Waals surface area (Å²) in [5, 5.41) is 4.28. The number of ether oxygens (including phenoxy) is 1. The van der Waals surface area contributed by atoms with E-state index in [0.717, 1.165) is 24.5 Å². The Morgan fingerprint density at radius 2 is 1.95 bits per heavy atom. The predicted molar refractivity (Wildman–Crippen MR) is 85.3 cm³/mol. The van der Waals surface area contributed by atoms with Gasteiger partial charge < -0.3 is 10.1 Å². The summed E-state index contributed by atoms with van der Waals surface area (Å²) in [6.45, 7) is 2.86. The zero-order valence-electron chi connectivity index (χ0n) is 12.6. The van der Waals surface area contributed by atoms with Crippen LogP contribution in [0.4, 0.5) is 0 Å². The van der Waals surface area contributed by atoms with Crippen molar-refractivity contribution in [2.24, 2.45) is 0 Å². The summed E-state index contributed by atoms with van der Waals surface area (Å²) >= 11 is 6.17. The van der Waals surface area contributed by atoms with Crippen LogP contribution < -0.4 is 5.32 Å². The van der Waals surface area contributed by atoms with Gasteiger partial charge in [-0.25, -0.2) is 0 Å². The smallest absolute Gasteiger partial charge is 0.0876 e. The number of benzene rings is 1. The van der Waals surface area contributed by atoms with Crippen molar-refractivity contribution in [3.63, 3.8) is 0 Å². The van der Waals surface area contributed by atoms with Gasteiger partial charge in [0.05, 0.1) is 11.6 Å². The predicted octanol–water partition coefficient (Wildman–Crippen LogP) is 4.73. The Kier molecular flexibility index (Phi) is 5.88. The van der Waals surface area contributed by atoms with Crippen LogP contribution in [0.25, 0.3) is 0 Å². The van der Waals surface area contributed by atoms with E-state index in [2.05, 4.69) is 24.4 Å². The monoisotopic (exact) mass is 295 g/mol. The third-order valence-electron chi connectivity index (χ3n) is 4.38. The number of nitrogens with one attached hydrogen (secondary N) is 1. The van der Waals surface area contributed by atoms with Crippen LogP contribution in [0.2, 0.25) is 5.02 Å². The highest BCUT2D eigenvalue weighted by Crippen LogP contribution is 2.40. The summed E-state index contributed by atoms with van der Waals surface area (Å²) < 4.78 is 6.29. The molecule has 1 aromatic rings. The Bertz CT molecular complexity index is 413. The molecule has 0 bridgehead atoms. The van der Waals surface area contributed by atoms with Gasteiger partial charge >= 0.3 is 0 Å². The van der Waals surface area contributed by atoms with Crippen LogP contribution in [-0.4, -0.2) is 19.3 Å². The van der Waals surface area contributed by atoms with Crippen LogP contribution in [-0.2, 0) is 4.74 Å². The van der Waals surface area contributed by atoms with Crippen LogP contribution in [0.5, 0.6) is 0 Å². The van der Waals surface area contributed by atoms with Crippen molar-refractivity contribution in [1.82, 2.24) is 5.32 Å². The summed E-state index contributed by atoms with van der Waals surface area (Å²) in [7, 11) is 2.03. The first-order chi connectivity index (χ1) is 9.72. The second-order valence-corrected chi connectivity index (χ2v) is 6.13. The maximum absolute atomic E-state index is 6.29. The Morgan fingerprint density at radius 3 is 2.50 bits per heavy atom. The molecule has 0 spiro atoms. The molecule has 0 saturated heterocycles. The standard InChI is InChI=1S/C17H26ClNO/c1-3-20-17(11-6-4-5-7-12-17)16(19-2)14-9-8-10-15(18)13-14/h8-10,13,16,19H,3-7,11-12H2,1-2H3. The van der Waals surface area contributed by atoms with Gasteiger partial charge in [0.25, 0.3) is 0 Å². The van der Waals surface area contributed by atoms with Gasteiger partial charge in [-0.15, -0.1) is 0 Å². The molecule has 1 aliphatic carbocycles. The van der Waals surface area contributed by atoms with E-state index in [1.807, 2.05) is 19.2 Å². The van der Waals surface area contributed by atoms with Gasteiger partial charge in [0, 0.05) is 11.6 Å². The molecule has 0 heterocycles. The fraction of sp³-hybridized carbons (Fsp3) is 0.647. The van der Waals surface area contributed by atoms with Gasteiger partial charge in [0.15, 0.2) is 0 Å². The van der Waals surface area contributed by atoms with Crippen LogP contribution in [0.1, 0.15) is 57.1 Å². The molecule has 1 atom stereocenters. The lowest BCUT2D eigenvalue weighted by atomic mass is 9.82. The van der Waals surface area contributed by atoms with E-state index in [1.165, 1.54) is 31.2 Å². The van der Waals surface area contributed by atoms with Crippen molar-refractivity contribution < 1.29 is 4.74 Å². The molecule has 0 radical (unpaired) electrons. The Hall–Kier alpha value is -0.570. The highest BCUT2D eigenvalue weighted by Gasteiger charge is 2.39. The molecule has 1 unspecified atom stereocenters. The molecule has 3 heteroatoms. The first-order valence-electron chi connectivity index (χ1n) is 7.78. The van der Waals surface area contributed by atoms with E-state index in [9.17, 15) is 0 Å². The van der Waals surface area contributed by atoms with Gasteiger partial charge in [0.1, 0.15) is 0 Å². The molecule has 1 saturated carbocycles. The highest BCUT2D eigenvalue weighted by molar-refractivity contribution is 6.30. The molecule has 1 N–H and O–H groups in total. The maximum Gasteiger partial charge on any atom is 0.0876 e. The second-order valence-electron chi connectivity index (χ2n) is 5.69. The molecule has 2 nitrogen and oxygen atoms in total. The van der Waals surface area contributed by atoms with E-state index in [-0.39, 0.29) is 11.6 Å². The van der Waals surface area contributed by atoms with E-state index in [1.54, 1.807) is 0 Å². The first-order valence-corrected chi connectivity index (χ1v) is 8.16. The third-order valence-corrected chi connectivity index (χ3v) is 4.61. The van der Waals surface area contributed by atoms with E-state index < -0.39 is 0 Å². The number of likely N-dealkylation sites (N-methyl/N-ethyl adjacent to an activating group) is 1. The van der Waals surface area contributed by atoms with Crippen molar-refractivity contribution in [2.75, 3.05) is 13.7 Å². The number of hydrogen-bond acceptors (Lipinski definition) is 2. The molecule has 0 amide bonds. The Morgan fingerprint density at radius 1 is 1.25 bits per heavy atom. The normalized spacial score (nSPS) is 20.4. The summed E-state index contributed by atoms with van der Waals surface area (Å²) in [5.74, 6) is 0. The molecule has 1 aliphatic rings. The molecule has 0 aliphatic heterocycles. The van der Waals surface area contributed by atoms with Crippen molar-refractivity contribution in [1.29, 1.82) is 0 Å². The van der Waals surface area contributed by atoms with E-state index in [4.69, 9.17) is 16.3 Å². The van der Waals surface area contributed by atoms with Gasteiger partial charge in [-0.2, -0.15) is 0 Å². The number of halogens is 1. The Labute approximate surface area is 127 Å². The lowest BCUT2D eigenvalue weighted by molar-refractivity contribution is -0.0766. The topological polar surface area (TPSA) is 21.3 Å². The fourth-order valence-electron chi connectivity index (χ4n) is 3.55. The first kappa shape index (κ1) is 15.8. The van der Waals surface area contributed by atoms with Gasteiger partial charge in [-0.05, 0) is 44.5 Å². The fourth-order valence-corrected chi connectivity index (χ4v) is 3.75. The molecular weight excluding hydrogens is 270 g/mol. The van der Waals surface area contributed by atoms with Crippen LogP contribution in [0, 0.1) is 0 Å². The molecule has 20 heavy (non-hydrogen) atoms. The lowest BCUT2D eigenvalue weighted by Gasteiger charge is -2.40. The number of hydrogen-bond donors (Lipinski definition) is 1. The molecule has 2 rings (SSSR count). The zero-order chi connectivity index (χ0) is 14.4. The lowest BCUT2D eigenvalue weighted by Crippen LogP contribution is -2.45. The minimum absolute atomic E-state index is 0.0926. The van der Waals surface area contributed by atoms with Crippen molar-refractivity contribution in [3.8, 4) is 0 Å².